The number of ether oxygens (including phenoxy) is 1. The molecule has 0 bridgehead atoms. The van der Waals surface area contributed by atoms with Gasteiger partial charge in [-0.2, -0.15) is 13.9 Å². The van der Waals surface area contributed by atoms with Gasteiger partial charge in [0.05, 0.1) is 17.9 Å². The number of hydrogen-bond donors (Lipinski definition) is 1. The van der Waals surface area contributed by atoms with Crippen LogP contribution in [-0.4, -0.2) is 16.4 Å². The van der Waals surface area contributed by atoms with Gasteiger partial charge in [0.2, 0.25) is 0 Å². The zero-order chi connectivity index (χ0) is 13.0. The van der Waals surface area contributed by atoms with Crippen LogP contribution in [-0.2, 0) is 13.6 Å². The summed E-state index contributed by atoms with van der Waals surface area (Å²) in [7, 11) is 1.82. The molecular weight excluding hydrogens is 240 g/mol. The van der Waals surface area contributed by atoms with Crippen LogP contribution in [0.15, 0.2) is 36.5 Å². The van der Waals surface area contributed by atoms with E-state index in [-0.39, 0.29) is 5.75 Å². The highest BCUT2D eigenvalue weighted by Gasteiger charge is 2.09. The average Bonchev–Trinajstić information content (AvgIpc) is 2.73. The number of aryl methyl sites for hydroxylation is 1. The quantitative estimate of drug-likeness (QED) is 0.890. The zero-order valence-corrected chi connectivity index (χ0v) is 9.81. The molecule has 0 atom stereocenters. The van der Waals surface area contributed by atoms with Gasteiger partial charge < -0.3 is 10.1 Å². The summed E-state index contributed by atoms with van der Waals surface area (Å²) in [5.41, 5.74) is 1.47. The van der Waals surface area contributed by atoms with Crippen LogP contribution in [0.2, 0.25) is 0 Å². The first-order valence-electron chi connectivity index (χ1n) is 5.41. The van der Waals surface area contributed by atoms with Gasteiger partial charge in [-0.1, -0.05) is 12.1 Å². The summed E-state index contributed by atoms with van der Waals surface area (Å²) in [6, 6.07) is 8.44. The number of aromatic nitrogens is 2. The Morgan fingerprint density at radius 1 is 1.33 bits per heavy atom. The second-order valence-corrected chi connectivity index (χ2v) is 3.67. The highest BCUT2D eigenvalue weighted by Crippen LogP contribution is 2.25. The SMILES string of the molecule is Cn1nccc1CNc1ccccc1OC(F)F. The van der Waals surface area contributed by atoms with E-state index in [2.05, 4.69) is 15.2 Å². The molecule has 1 aromatic carbocycles. The molecule has 0 spiro atoms. The zero-order valence-electron chi connectivity index (χ0n) is 9.81. The third-order valence-corrected chi connectivity index (χ3v) is 2.49. The molecular formula is C12H13F2N3O. The van der Waals surface area contributed by atoms with Gasteiger partial charge in [0.15, 0.2) is 0 Å². The molecule has 0 aliphatic heterocycles. The van der Waals surface area contributed by atoms with Crippen LogP contribution < -0.4 is 10.1 Å². The van der Waals surface area contributed by atoms with Crippen molar-refractivity contribution in [2.24, 2.45) is 7.05 Å². The van der Waals surface area contributed by atoms with Crippen molar-refractivity contribution >= 4 is 5.69 Å². The van der Waals surface area contributed by atoms with Gasteiger partial charge in [0.1, 0.15) is 5.75 Å². The van der Waals surface area contributed by atoms with E-state index in [0.717, 1.165) is 5.69 Å². The second-order valence-electron chi connectivity index (χ2n) is 3.67. The van der Waals surface area contributed by atoms with Gasteiger partial charge in [-0.05, 0) is 18.2 Å². The van der Waals surface area contributed by atoms with E-state index in [1.807, 2.05) is 13.1 Å². The molecule has 0 saturated heterocycles. The molecule has 6 heteroatoms. The summed E-state index contributed by atoms with van der Waals surface area (Å²) in [5, 5.41) is 7.07. The van der Waals surface area contributed by atoms with E-state index in [1.165, 1.54) is 6.07 Å². The lowest BCUT2D eigenvalue weighted by atomic mass is 10.3. The minimum Gasteiger partial charge on any atom is -0.433 e. The Hall–Kier alpha value is -2.11. The maximum atomic E-state index is 12.2. The van der Waals surface area contributed by atoms with Crippen LogP contribution in [0.4, 0.5) is 14.5 Å². The predicted molar refractivity (Wildman–Crippen MR) is 63.6 cm³/mol. The minimum absolute atomic E-state index is 0.134. The van der Waals surface area contributed by atoms with E-state index < -0.39 is 6.61 Å². The first-order valence-corrected chi connectivity index (χ1v) is 5.41. The molecule has 2 rings (SSSR count). The Morgan fingerprint density at radius 2 is 2.11 bits per heavy atom. The van der Waals surface area contributed by atoms with Crippen molar-refractivity contribution in [1.82, 2.24) is 9.78 Å². The van der Waals surface area contributed by atoms with Gasteiger partial charge in [0.25, 0.3) is 0 Å². The van der Waals surface area contributed by atoms with E-state index in [0.29, 0.717) is 12.2 Å². The number of hydrogen-bond acceptors (Lipinski definition) is 3. The van der Waals surface area contributed by atoms with Crippen molar-refractivity contribution in [2.75, 3.05) is 5.32 Å². The molecule has 1 N–H and O–H groups in total. The van der Waals surface area contributed by atoms with Crippen molar-refractivity contribution in [2.45, 2.75) is 13.2 Å². The molecule has 0 aliphatic carbocycles. The third-order valence-electron chi connectivity index (χ3n) is 2.49. The van der Waals surface area contributed by atoms with Crippen molar-refractivity contribution in [1.29, 1.82) is 0 Å². The van der Waals surface area contributed by atoms with Crippen molar-refractivity contribution in [3.8, 4) is 5.75 Å². The number of anilines is 1. The van der Waals surface area contributed by atoms with Crippen LogP contribution >= 0.6 is 0 Å². The van der Waals surface area contributed by atoms with Crippen LogP contribution in [0.3, 0.4) is 0 Å². The van der Waals surface area contributed by atoms with Gasteiger partial charge in [0, 0.05) is 13.2 Å². The van der Waals surface area contributed by atoms with Gasteiger partial charge in [-0.15, -0.1) is 0 Å². The fourth-order valence-corrected chi connectivity index (χ4v) is 1.57. The van der Waals surface area contributed by atoms with E-state index in [9.17, 15) is 8.78 Å². The fourth-order valence-electron chi connectivity index (χ4n) is 1.57. The lowest BCUT2D eigenvalue weighted by molar-refractivity contribution is -0.0493. The standard InChI is InChI=1S/C12H13F2N3O/c1-17-9(6-7-16-17)8-15-10-4-2-3-5-11(10)18-12(13)14/h2-7,12,15H,8H2,1H3. The molecule has 1 aromatic heterocycles. The van der Waals surface area contributed by atoms with Crippen molar-refractivity contribution < 1.29 is 13.5 Å². The molecule has 0 unspecified atom stereocenters. The molecule has 4 nitrogen and oxygen atoms in total. The minimum atomic E-state index is -2.83. The Balaban J connectivity index is 2.07. The van der Waals surface area contributed by atoms with Gasteiger partial charge in [-0.3, -0.25) is 4.68 Å². The van der Waals surface area contributed by atoms with Crippen molar-refractivity contribution in [3.05, 3.63) is 42.2 Å². The number of halogens is 2. The maximum Gasteiger partial charge on any atom is 0.387 e. The Labute approximate surface area is 103 Å². The number of alkyl halides is 2. The van der Waals surface area contributed by atoms with E-state index in [1.54, 1.807) is 29.1 Å². The summed E-state index contributed by atoms with van der Waals surface area (Å²) >= 11 is 0. The van der Waals surface area contributed by atoms with E-state index in [4.69, 9.17) is 0 Å². The molecule has 0 saturated carbocycles. The number of nitrogens with one attached hydrogen (secondary N) is 1. The number of para-hydroxylation sites is 2. The maximum absolute atomic E-state index is 12.2. The van der Waals surface area contributed by atoms with Crippen LogP contribution in [0.5, 0.6) is 5.75 Å². The molecule has 0 amide bonds. The number of nitrogens with zero attached hydrogens (tertiary/aromatic N) is 2. The van der Waals surface area contributed by atoms with Crippen molar-refractivity contribution in [3.63, 3.8) is 0 Å². The smallest absolute Gasteiger partial charge is 0.387 e. The Kier molecular flexibility index (Phi) is 3.76. The highest BCUT2D eigenvalue weighted by atomic mass is 19.3. The number of rotatable bonds is 5. The largest absolute Gasteiger partial charge is 0.433 e. The van der Waals surface area contributed by atoms with Crippen LogP contribution in [0.25, 0.3) is 0 Å². The summed E-state index contributed by atoms with van der Waals surface area (Å²) in [6.07, 6.45) is 1.68. The topological polar surface area (TPSA) is 39.1 Å². The Bertz CT molecular complexity index is 514. The first kappa shape index (κ1) is 12.3. The predicted octanol–water partition coefficient (Wildman–Crippen LogP) is 2.63. The molecule has 1 heterocycles. The second kappa shape index (κ2) is 5.48. The van der Waals surface area contributed by atoms with Gasteiger partial charge in [-0.25, -0.2) is 0 Å². The lowest BCUT2D eigenvalue weighted by Crippen LogP contribution is -2.08. The monoisotopic (exact) mass is 253 g/mol. The molecule has 96 valence electrons. The molecule has 0 radical (unpaired) electrons. The molecule has 0 aliphatic rings. The lowest BCUT2D eigenvalue weighted by Gasteiger charge is -2.12. The average molecular weight is 253 g/mol. The van der Waals surface area contributed by atoms with E-state index >= 15 is 0 Å². The van der Waals surface area contributed by atoms with Gasteiger partial charge >= 0.3 is 6.61 Å². The summed E-state index contributed by atoms with van der Waals surface area (Å²) in [6.45, 7) is -2.34. The summed E-state index contributed by atoms with van der Waals surface area (Å²) in [4.78, 5) is 0. The molecule has 0 fully saturated rings. The Morgan fingerprint density at radius 3 is 2.78 bits per heavy atom. The molecule has 2 aromatic rings. The third kappa shape index (κ3) is 2.97. The summed E-state index contributed by atoms with van der Waals surface area (Å²) < 4.78 is 30.6. The summed E-state index contributed by atoms with van der Waals surface area (Å²) in [5.74, 6) is 0.134. The number of benzene rings is 1. The van der Waals surface area contributed by atoms with Crippen LogP contribution in [0.1, 0.15) is 5.69 Å². The first-order chi connectivity index (χ1) is 8.66. The van der Waals surface area contributed by atoms with Crippen LogP contribution in [0, 0.1) is 0 Å². The highest BCUT2D eigenvalue weighted by molar-refractivity contribution is 5.56. The fraction of sp³-hybridized carbons (Fsp3) is 0.250. The molecule has 18 heavy (non-hydrogen) atoms. The normalized spacial score (nSPS) is 10.7.